The first-order valence-electron chi connectivity index (χ1n) is 6.80. The molecule has 0 aromatic heterocycles. The van der Waals surface area contributed by atoms with Crippen LogP contribution in [-0.2, 0) is 0 Å². The molecule has 0 aromatic carbocycles. The quantitative estimate of drug-likeness (QED) is 0.787. The molecule has 1 atom stereocenters. The number of carbonyl (C=O) groups excluding carboxylic acids is 1. The molecular weight excluding hydrogens is 214 g/mol. The van der Waals surface area contributed by atoms with E-state index in [1.807, 2.05) is 18.7 Å². The van der Waals surface area contributed by atoms with Gasteiger partial charge < -0.3 is 16.0 Å². The van der Waals surface area contributed by atoms with Crippen molar-refractivity contribution in [1.82, 2.24) is 10.2 Å². The molecule has 1 saturated carbocycles. The molecule has 1 heterocycles. The van der Waals surface area contributed by atoms with E-state index in [1.54, 1.807) is 0 Å². The Labute approximate surface area is 104 Å². The minimum Gasteiger partial charge on any atom is -0.333 e. The van der Waals surface area contributed by atoms with Crippen LogP contribution in [0.25, 0.3) is 0 Å². The lowest BCUT2D eigenvalue weighted by Crippen LogP contribution is -2.46. The van der Waals surface area contributed by atoms with Gasteiger partial charge in [-0.05, 0) is 32.6 Å². The summed E-state index contributed by atoms with van der Waals surface area (Å²) in [5.41, 5.74) is 5.67. The highest BCUT2D eigenvalue weighted by Gasteiger charge is 2.35. The SMILES string of the molecule is CC(C)(N)CN1CC(C2CCCCC2)NC1=O. The molecule has 17 heavy (non-hydrogen) atoms. The molecule has 2 rings (SSSR count). The molecule has 2 aliphatic rings. The second kappa shape index (κ2) is 4.84. The topological polar surface area (TPSA) is 58.4 Å². The summed E-state index contributed by atoms with van der Waals surface area (Å²) in [6, 6.07) is 0.421. The monoisotopic (exact) mass is 239 g/mol. The van der Waals surface area contributed by atoms with E-state index < -0.39 is 0 Å². The summed E-state index contributed by atoms with van der Waals surface area (Å²) in [5.74, 6) is 0.679. The molecule has 3 N–H and O–H groups in total. The van der Waals surface area contributed by atoms with Crippen LogP contribution >= 0.6 is 0 Å². The molecule has 98 valence electrons. The van der Waals surface area contributed by atoms with Gasteiger partial charge in [-0.2, -0.15) is 0 Å². The van der Waals surface area contributed by atoms with Gasteiger partial charge in [-0.3, -0.25) is 0 Å². The minimum absolute atomic E-state index is 0.0686. The molecule has 4 nitrogen and oxygen atoms in total. The minimum atomic E-state index is -0.307. The number of urea groups is 1. The van der Waals surface area contributed by atoms with Gasteiger partial charge in [-0.1, -0.05) is 19.3 Å². The van der Waals surface area contributed by atoms with Gasteiger partial charge in [0.2, 0.25) is 0 Å². The van der Waals surface area contributed by atoms with Crippen molar-refractivity contribution in [1.29, 1.82) is 0 Å². The van der Waals surface area contributed by atoms with Crippen molar-refractivity contribution in [2.24, 2.45) is 11.7 Å². The lowest BCUT2D eigenvalue weighted by atomic mass is 9.84. The molecule has 2 amide bonds. The fourth-order valence-corrected chi connectivity index (χ4v) is 3.05. The van der Waals surface area contributed by atoms with Gasteiger partial charge in [-0.25, -0.2) is 4.79 Å². The maximum atomic E-state index is 11.9. The highest BCUT2D eigenvalue weighted by molar-refractivity contribution is 5.77. The zero-order chi connectivity index (χ0) is 12.5. The summed E-state index contributed by atoms with van der Waals surface area (Å²) in [7, 11) is 0. The Morgan fingerprint density at radius 3 is 2.59 bits per heavy atom. The van der Waals surface area contributed by atoms with Gasteiger partial charge in [0.05, 0.1) is 6.04 Å². The first-order chi connectivity index (χ1) is 7.96. The summed E-state index contributed by atoms with van der Waals surface area (Å²) < 4.78 is 0. The predicted molar refractivity (Wildman–Crippen MR) is 68.7 cm³/mol. The van der Waals surface area contributed by atoms with Crippen molar-refractivity contribution in [3.05, 3.63) is 0 Å². The van der Waals surface area contributed by atoms with E-state index >= 15 is 0 Å². The maximum absolute atomic E-state index is 11.9. The standard InChI is InChI=1S/C13H25N3O/c1-13(2,14)9-16-8-11(15-12(16)17)10-6-4-3-5-7-10/h10-11H,3-9,14H2,1-2H3,(H,15,17). The molecule has 0 bridgehead atoms. The summed E-state index contributed by atoms with van der Waals surface area (Å²) in [5, 5.41) is 3.13. The van der Waals surface area contributed by atoms with Crippen LogP contribution in [0.5, 0.6) is 0 Å². The Morgan fingerprint density at radius 2 is 2.00 bits per heavy atom. The number of hydrogen-bond donors (Lipinski definition) is 2. The van der Waals surface area contributed by atoms with E-state index in [1.165, 1.54) is 32.1 Å². The Balaban J connectivity index is 1.90. The van der Waals surface area contributed by atoms with Crippen LogP contribution in [0.1, 0.15) is 46.0 Å². The highest BCUT2D eigenvalue weighted by Crippen LogP contribution is 2.28. The van der Waals surface area contributed by atoms with Crippen molar-refractivity contribution in [3.8, 4) is 0 Å². The normalized spacial score (nSPS) is 27.4. The van der Waals surface area contributed by atoms with E-state index in [9.17, 15) is 4.79 Å². The fourth-order valence-electron chi connectivity index (χ4n) is 3.05. The van der Waals surface area contributed by atoms with Gasteiger partial charge >= 0.3 is 6.03 Å². The summed E-state index contributed by atoms with van der Waals surface area (Å²) in [4.78, 5) is 13.7. The number of hydrogen-bond acceptors (Lipinski definition) is 2. The molecule has 0 spiro atoms. The molecule has 4 heteroatoms. The van der Waals surface area contributed by atoms with Crippen molar-refractivity contribution in [3.63, 3.8) is 0 Å². The number of nitrogens with one attached hydrogen (secondary N) is 1. The number of nitrogens with zero attached hydrogens (tertiary/aromatic N) is 1. The van der Waals surface area contributed by atoms with E-state index in [-0.39, 0.29) is 11.6 Å². The van der Waals surface area contributed by atoms with Crippen LogP contribution in [0.4, 0.5) is 4.79 Å². The van der Waals surface area contributed by atoms with Crippen molar-refractivity contribution < 1.29 is 4.79 Å². The van der Waals surface area contributed by atoms with Gasteiger partial charge in [0.15, 0.2) is 0 Å². The second-order valence-corrected chi connectivity index (χ2v) is 6.32. The van der Waals surface area contributed by atoms with E-state index in [0.717, 1.165) is 6.54 Å². The second-order valence-electron chi connectivity index (χ2n) is 6.32. The molecule has 1 aliphatic carbocycles. The van der Waals surface area contributed by atoms with Gasteiger partial charge in [0.25, 0.3) is 0 Å². The third kappa shape index (κ3) is 3.35. The van der Waals surface area contributed by atoms with Crippen molar-refractivity contribution in [2.75, 3.05) is 13.1 Å². The van der Waals surface area contributed by atoms with Crippen LogP contribution in [0.2, 0.25) is 0 Å². The summed E-state index contributed by atoms with van der Waals surface area (Å²) in [6.45, 7) is 5.41. The van der Waals surface area contributed by atoms with Crippen LogP contribution in [-0.4, -0.2) is 35.6 Å². The van der Waals surface area contributed by atoms with Gasteiger partial charge in [-0.15, -0.1) is 0 Å². The molecular formula is C13H25N3O. The largest absolute Gasteiger partial charge is 0.333 e. The third-order valence-electron chi connectivity index (χ3n) is 3.83. The van der Waals surface area contributed by atoms with Crippen LogP contribution < -0.4 is 11.1 Å². The van der Waals surface area contributed by atoms with E-state index in [4.69, 9.17) is 5.73 Å². The zero-order valence-electron chi connectivity index (χ0n) is 11.0. The average molecular weight is 239 g/mol. The van der Waals surface area contributed by atoms with E-state index in [0.29, 0.717) is 18.5 Å². The smallest absolute Gasteiger partial charge is 0.317 e. The lowest BCUT2D eigenvalue weighted by Gasteiger charge is -2.28. The van der Waals surface area contributed by atoms with Crippen LogP contribution in [0.15, 0.2) is 0 Å². The Hall–Kier alpha value is -0.770. The van der Waals surface area contributed by atoms with Crippen LogP contribution in [0, 0.1) is 5.92 Å². The first kappa shape index (κ1) is 12.7. The molecule has 1 aliphatic heterocycles. The number of nitrogens with two attached hydrogens (primary N) is 1. The van der Waals surface area contributed by atoms with Crippen molar-refractivity contribution in [2.45, 2.75) is 57.5 Å². The van der Waals surface area contributed by atoms with Gasteiger partial charge in [0.1, 0.15) is 0 Å². The fraction of sp³-hybridized carbons (Fsp3) is 0.923. The summed E-state index contributed by atoms with van der Waals surface area (Å²) >= 11 is 0. The lowest BCUT2D eigenvalue weighted by molar-refractivity contribution is 0.206. The van der Waals surface area contributed by atoms with Crippen molar-refractivity contribution >= 4 is 6.03 Å². The zero-order valence-corrected chi connectivity index (χ0v) is 11.0. The molecule has 2 fully saturated rings. The number of carbonyl (C=O) groups is 1. The highest BCUT2D eigenvalue weighted by atomic mass is 16.2. The molecule has 0 aromatic rings. The predicted octanol–water partition coefficient (Wildman–Crippen LogP) is 1.70. The molecule has 1 saturated heterocycles. The third-order valence-corrected chi connectivity index (χ3v) is 3.83. The van der Waals surface area contributed by atoms with Gasteiger partial charge in [0, 0.05) is 18.6 Å². The number of amides is 2. The molecule has 0 radical (unpaired) electrons. The van der Waals surface area contributed by atoms with Crippen LogP contribution in [0.3, 0.4) is 0 Å². The van der Waals surface area contributed by atoms with E-state index in [2.05, 4.69) is 5.32 Å². The Kier molecular flexibility index (Phi) is 3.61. The Morgan fingerprint density at radius 1 is 1.35 bits per heavy atom. The molecule has 1 unspecified atom stereocenters. The number of rotatable bonds is 3. The Bertz CT molecular complexity index is 279. The maximum Gasteiger partial charge on any atom is 0.317 e. The average Bonchev–Trinajstić information content (AvgIpc) is 2.59. The first-order valence-corrected chi connectivity index (χ1v) is 6.80. The summed E-state index contributed by atoms with van der Waals surface area (Å²) in [6.07, 6.45) is 6.53.